The van der Waals surface area contributed by atoms with E-state index in [0.717, 1.165) is 5.56 Å². The smallest absolute Gasteiger partial charge is 0.348 e. The van der Waals surface area contributed by atoms with Gasteiger partial charge in [0.15, 0.2) is 0 Å². The van der Waals surface area contributed by atoms with Crippen molar-refractivity contribution >= 4 is 39.6 Å². The van der Waals surface area contributed by atoms with E-state index < -0.39 is 28.1 Å². The molecule has 3 rings (SSSR count). The number of nitro groups is 1. The fourth-order valence-electron chi connectivity index (χ4n) is 2.79. The van der Waals surface area contributed by atoms with E-state index in [1.807, 2.05) is 0 Å². The molecule has 0 amide bonds. The molecule has 2 aromatic rings. The Kier molecular flexibility index (Phi) is 6.41. The first kappa shape index (κ1) is 23.5. The number of nitrogens with zero attached hydrogens (tertiary/aromatic N) is 1. The van der Waals surface area contributed by atoms with Crippen LogP contribution in [0.1, 0.15) is 38.8 Å². The molecule has 9 heteroatoms. The highest BCUT2D eigenvalue weighted by atomic mass is 79.9. The summed E-state index contributed by atoms with van der Waals surface area (Å²) in [5.41, 5.74) is 0.307. The van der Waals surface area contributed by atoms with Gasteiger partial charge in [-0.15, -0.1) is 0 Å². The van der Waals surface area contributed by atoms with Crippen LogP contribution in [0.25, 0.3) is 6.08 Å². The number of carbonyl (C=O) groups excluding carboxylic acids is 2. The van der Waals surface area contributed by atoms with Crippen molar-refractivity contribution < 1.29 is 28.7 Å². The van der Waals surface area contributed by atoms with Crippen LogP contribution in [0.5, 0.6) is 5.75 Å². The molecule has 168 valence electrons. The highest BCUT2D eigenvalue weighted by molar-refractivity contribution is 9.10. The summed E-state index contributed by atoms with van der Waals surface area (Å²) in [6.45, 7) is 7.10. The van der Waals surface area contributed by atoms with E-state index in [-0.39, 0.29) is 17.9 Å². The zero-order valence-electron chi connectivity index (χ0n) is 18.0. The lowest BCUT2D eigenvalue weighted by Crippen LogP contribution is -2.52. The van der Waals surface area contributed by atoms with Crippen LogP contribution in [-0.2, 0) is 25.7 Å². The number of cyclic esters (lactones) is 2. The van der Waals surface area contributed by atoms with Gasteiger partial charge in [-0.3, -0.25) is 10.1 Å². The van der Waals surface area contributed by atoms with Crippen LogP contribution in [-0.4, -0.2) is 22.6 Å². The highest BCUT2D eigenvalue weighted by Crippen LogP contribution is 2.39. The van der Waals surface area contributed by atoms with Gasteiger partial charge >= 0.3 is 11.9 Å². The largest absolute Gasteiger partial charge is 0.488 e. The van der Waals surface area contributed by atoms with Gasteiger partial charge in [-0.25, -0.2) is 9.59 Å². The minimum Gasteiger partial charge on any atom is -0.488 e. The Morgan fingerprint density at radius 3 is 2.22 bits per heavy atom. The molecule has 0 atom stereocenters. The van der Waals surface area contributed by atoms with Crippen LogP contribution in [0.3, 0.4) is 0 Å². The predicted molar refractivity (Wildman–Crippen MR) is 120 cm³/mol. The molecule has 1 aliphatic rings. The van der Waals surface area contributed by atoms with Gasteiger partial charge in [0.2, 0.25) is 0 Å². The van der Waals surface area contributed by atoms with E-state index in [1.165, 1.54) is 18.2 Å². The van der Waals surface area contributed by atoms with Crippen molar-refractivity contribution in [1.82, 2.24) is 0 Å². The zero-order chi connectivity index (χ0) is 23.7. The van der Waals surface area contributed by atoms with Gasteiger partial charge in [0.1, 0.15) is 17.9 Å². The van der Waals surface area contributed by atoms with Crippen LogP contribution in [0.4, 0.5) is 5.69 Å². The quantitative estimate of drug-likeness (QED) is 0.182. The van der Waals surface area contributed by atoms with Gasteiger partial charge in [-0.1, -0.05) is 36.7 Å². The predicted octanol–water partition coefficient (Wildman–Crippen LogP) is 5.18. The van der Waals surface area contributed by atoms with Gasteiger partial charge in [0.25, 0.3) is 11.5 Å². The van der Waals surface area contributed by atoms with Gasteiger partial charge in [0.05, 0.1) is 4.92 Å². The van der Waals surface area contributed by atoms with Gasteiger partial charge in [0, 0.05) is 34.5 Å². The maximum Gasteiger partial charge on any atom is 0.348 e. The van der Waals surface area contributed by atoms with Crippen LogP contribution in [0, 0.1) is 15.5 Å². The van der Waals surface area contributed by atoms with E-state index in [0.29, 0.717) is 15.8 Å². The summed E-state index contributed by atoms with van der Waals surface area (Å²) in [6, 6.07) is 11.1. The number of hydrogen-bond donors (Lipinski definition) is 0. The number of halogens is 1. The monoisotopic (exact) mass is 503 g/mol. The number of ether oxygens (including phenoxy) is 3. The number of carbonyl (C=O) groups is 2. The highest BCUT2D eigenvalue weighted by Gasteiger charge is 2.50. The SMILES string of the molecule is CC(C)(C)C1(C)OC(=O)C(=Cc2cc(Br)ccc2OCc2ccc([N+](=O)[O-])cc2)C(=O)O1. The van der Waals surface area contributed by atoms with E-state index in [4.69, 9.17) is 14.2 Å². The lowest BCUT2D eigenvalue weighted by Gasteiger charge is -2.42. The molecule has 2 aromatic carbocycles. The normalized spacial score (nSPS) is 18.6. The second-order valence-corrected chi connectivity index (χ2v) is 9.34. The molecule has 0 aromatic heterocycles. The topological polar surface area (TPSA) is 105 Å². The molecule has 1 saturated heterocycles. The third-order valence-corrected chi connectivity index (χ3v) is 5.68. The Morgan fingerprint density at radius 1 is 1.09 bits per heavy atom. The average molecular weight is 504 g/mol. The molecule has 0 spiro atoms. The van der Waals surface area contributed by atoms with Crippen molar-refractivity contribution in [2.75, 3.05) is 0 Å². The van der Waals surface area contributed by atoms with Crippen molar-refractivity contribution in [3.8, 4) is 5.75 Å². The van der Waals surface area contributed by atoms with Crippen molar-refractivity contribution in [2.45, 2.75) is 40.1 Å². The molecule has 0 saturated carbocycles. The standard InChI is InChI=1S/C23H22BrNO7/c1-22(2,3)23(4)31-20(26)18(21(27)32-23)12-15-11-16(24)7-10-19(15)30-13-14-5-8-17(9-6-14)25(28)29/h5-12H,13H2,1-4H3. The van der Waals surface area contributed by atoms with E-state index in [2.05, 4.69) is 15.9 Å². The van der Waals surface area contributed by atoms with Gasteiger partial charge < -0.3 is 14.2 Å². The Balaban J connectivity index is 1.85. The Hall–Kier alpha value is -3.20. The first-order valence-corrected chi connectivity index (χ1v) is 10.5. The first-order valence-electron chi connectivity index (χ1n) is 9.74. The maximum absolute atomic E-state index is 12.6. The Morgan fingerprint density at radius 2 is 1.69 bits per heavy atom. The van der Waals surface area contributed by atoms with Gasteiger partial charge in [-0.05, 0) is 42.0 Å². The van der Waals surface area contributed by atoms with E-state index >= 15 is 0 Å². The second-order valence-electron chi connectivity index (χ2n) is 8.43. The van der Waals surface area contributed by atoms with Gasteiger partial charge in [-0.2, -0.15) is 0 Å². The summed E-state index contributed by atoms with van der Waals surface area (Å²) in [6.07, 6.45) is 1.36. The molecule has 8 nitrogen and oxygen atoms in total. The first-order chi connectivity index (χ1) is 14.9. The Bertz CT molecular complexity index is 1080. The summed E-state index contributed by atoms with van der Waals surface area (Å²) in [5.74, 6) is -2.53. The molecule has 32 heavy (non-hydrogen) atoms. The molecule has 1 heterocycles. The molecule has 1 fully saturated rings. The summed E-state index contributed by atoms with van der Waals surface area (Å²) in [4.78, 5) is 35.6. The van der Waals surface area contributed by atoms with E-state index in [1.54, 1.807) is 58.0 Å². The molecule has 0 bridgehead atoms. The molecule has 1 aliphatic heterocycles. The molecule has 0 radical (unpaired) electrons. The number of non-ortho nitro benzene ring substituents is 1. The zero-order valence-corrected chi connectivity index (χ0v) is 19.6. The van der Waals surface area contributed by atoms with Crippen molar-refractivity contribution in [1.29, 1.82) is 0 Å². The summed E-state index contributed by atoms with van der Waals surface area (Å²) in [7, 11) is 0. The lowest BCUT2D eigenvalue weighted by atomic mass is 9.85. The number of rotatable bonds is 5. The number of esters is 2. The van der Waals surface area contributed by atoms with Crippen LogP contribution in [0.15, 0.2) is 52.5 Å². The third kappa shape index (κ3) is 4.99. The second kappa shape index (κ2) is 8.74. The number of nitro benzene ring substituents is 1. The van der Waals surface area contributed by atoms with Crippen LogP contribution < -0.4 is 4.74 Å². The van der Waals surface area contributed by atoms with Crippen molar-refractivity contribution in [3.05, 3.63) is 73.8 Å². The average Bonchev–Trinajstić information content (AvgIpc) is 2.69. The molecule has 0 N–H and O–H groups in total. The lowest BCUT2D eigenvalue weighted by molar-refractivity contribution is -0.384. The maximum atomic E-state index is 12.6. The minimum absolute atomic E-state index is 0.0144. The summed E-state index contributed by atoms with van der Waals surface area (Å²) in [5, 5.41) is 10.8. The van der Waals surface area contributed by atoms with Crippen molar-refractivity contribution in [3.63, 3.8) is 0 Å². The van der Waals surface area contributed by atoms with E-state index in [9.17, 15) is 19.7 Å². The molecule has 0 aliphatic carbocycles. The van der Waals surface area contributed by atoms with Crippen molar-refractivity contribution in [2.24, 2.45) is 5.41 Å². The van der Waals surface area contributed by atoms with Crippen LogP contribution >= 0.6 is 15.9 Å². The number of hydrogen-bond acceptors (Lipinski definition) is 7. The summed E-state index contributed by atoms with van der Waals surface area (Å²) < 4.78 is 17.5. The third-order valence-electron chi connectivity index (χ3n) is 5.19. The number of benzene rings is 2. The molecular weight excluding hydrogens is 482 g/mol. The minimum atomic E-state index is -1.38. The molecular formula is C23H22BrNO7. The fourth-order valence-corrected chi connectivity index (χ4v) is 3.16. The molecule has 0 unspecified atom stereocenters. The summed E-state index contributed by atoms with van der Waals surface area (Å²) >= 11 is 3.37. The Labute approximate surface area is 193 Å². The van der Waals surface area contributed by atoms with Crippen LogP contribution in [0.2, 0.25) is 0 Å². The fraction of sp³-hybridized carbons (Fsp3) is 0.304.